The van der Waals surface area contributed by atoms with Crippen LogP contribution in [-0.2, 0) is 17.8 Å². The highest BCUT2D eigenvalue weighted by atomic mass is 19.1. The number of carbonyl (C=O) groups is 1. The maximum absolute atomic E-state index is 13.1. The Balaban J connectivity index is 1.51. The predicted octanol–water partition coefficient (Wildman–Crippen LogP) is 3.68. The highest BCUT2D eigenvalue weighted by molar-refractivity contribution is 5.78. The van der Waals surface area contributed by atoms with Crippen LogP contribution in [0.25, 0.3) is 0 Å². The monoisotopic (exact) mass is 412 g/mol. The molecule has 1 saturated heterocycles. The maximum Gasteiger partial charge on any atom is 0.260 e. The summed E-state index contributed by atoms with van der Waals surface area (Å²) in [6.07, 6.45) is 3.47. The Kier molecular flexibility index (Phi) is 7.85. The number of hydrogen-bond donors (Lipinski definition) is 0. The van der Waals surface area contributed by atoms with E-state index in [1.54, 1.807) is 7.11 Å². The zero-order valence-corrected chi connectivity index (χ0v) is 17.5. The molecule has 1 fully saturated rings. The van der Waals surface area contributed by atoms with Gasteiger partial charge in [0.2, 0.25) is 0 Å². The molecule has 2 aromatic carbocycles. The van der Waals surface area contributed by atoms with Crippen molar-refractivity contribution in [1.82, 2.24) is 9.80 Å². The molecule has 0 unspecified atom stereocenters. The van der Waals surface area contributed by atoms with E-state index >= 15 is 0 Å². The number of hydrogen-bond acceptors (Lipinski definition) is 4. The van der Waals surface area contributed by atoms with Crippen LogP contribution < -0.4 is 9.47 Å². The number of amides is 1. The molecule has 0 radical (unpaired) electrons. The normalized spacial score (nSPS) is 14.8. The third kappa shape index (κ3) is 6.07. The average molecular weight is 413 g/mol. The van der Waals surface area contributed by atoms with E-state index in [2.05, 4.69) is 11.5 Å². The number of halogens is 1. The van der Waals surface area contributed by atoms with Gasteiger partial charge in [0.25, 0.3) is 5.91 Å². The van der Waals surface area contributed by atoms with E-state index in [0.29, 0.717) is 24.6 Å². The lowest BCUT2D eigenvalue weighted by molar-refractivity contribution is -0.133. The van der Waals surface area contributed by atoms with Crippen LogP contribution in [0.5, 0.6) is 11.5 Å². The number of methoxy groups -OCH3 is 1. The van der Waals surface area contributed by atoms with Crippen LogP contribution >= 0.6 is 0 Å². The minimum atomic E-state index is -0.224. The summed E-state index contributed by atoms with van der Waals surface area (Å²) >= 11 is 0. The number of carbonyl (C=O) groups excluding carboxylic acids is 1. The Morgan fingerprint density at radius 1 is 1.07 bits per heavy atom. The van der Waals surface area contributed by atoms with E-state index in [4.69, 9.17) is 9.47 Å². The lowest BCUT2D eigenvalue weighted by atomic mass is 10.1. The van der Waals surface area contributed by atoms with Crippen molar-refractivity contribution in [3.63, 3.8) is 0 Å². The van der Waals surface area contributed by atoms with Crippen LogP contribution in [0.3, 0.4) is 0 Å². The van der Waals surface area contributed by atoms with Crippen LogP contribution in [0.4, 0.5) is 4.39 Å². The summed E-state index contributed by atoms with van der Waals surface area (Å²) in [5.74, 6) is 0.920. The molecule has 1 amide bonds. The first-order valence-electron chi connectivity index (χ1n) is 10.2. The molecule has 30 heavy (non-hydrogen) atoms. The third-order valence-corrected chi connectivity index (χ3v) is 5.22. The fourth-order valence-corrected chi connectivity index (χ4v) is 3.58. The number of nitrogens with zero attached hydrogens (tertiary/aromatic N) is 2. The summed E-state index contributed by atoms with van der Waals surface area (Å²) in [5, 5.41) is 0. The van der Waals surface area contributed by atoms with Gasteiger partial charge in [0.1, 0.15) is 5.82 Å². The smallest absolute Gasteiger partial charge is 0.260 e. The summed E-state index contributed by atoms with van der Waals surface area (Å²) in [6.45, 7) is 7.52. The fraction of sp³-hybridized carbons (Fsp3) is 0.375. The van der Waals surface area contributed by atoms with Crippen LogP contribution in [0.2, 0.25) is 0 Å². The zero-order chi connectivity index (χ0) is 21.3. The maximum atomic E-state index is 13.1. The summed E-state index contributed by atoms with van der Waals surface area (Å²) < 4.78 is 24.2. The Morgan fingerprint density at radius 3 is 2.57 bits per heavy atom. The van der Waals surface area contributed by atoms with Gasteiger partial charge >= 0.3 is 0 Å². The van der Waals surface area contributed by atoms with E-state index in [1.807, 2.05) is 41.3 Å². The molecule has 2 aromatic rings. The molecule has 1 heterocycles. The van der Waals surface area contributed by atoms with E-state index in [9.17, 15) is 9.18 Å². The molecular formula is C24H29FN2O3. The van der Waals surface area contributed by atoms with Gasteiger partial charge < -0.3 is 14.4 Å². The summed E-state index contributed by atoms with van der Waals surface area (Å²) in [4.78, 5) is 16.8. The highest BCUT2D eigenvalue weighted by Gasteiger charge is 2.20. The van der Waals surface area contributed by atoms with Gasteiger partial charge in [-0.3, -0.25) is 9.69 Å². The Morgan fingerprint density at radius 2 is 1.83 bits per heavy atom. The van der Waals surface area contributed by atoms with Crippen molar-refractivity contribution >= 4 is 5.91 Å². The van der Waals surface area contributed by atoms with Crippen molar-refractivity contribution in [3.05, 3.63) is 72.1 Å². The Bertz CT molecular complexity index is 854. The summed E-state index contributed by atoms with van der Waals surface area (Å²) in [6, 6.07) is 12.3. The average Bonchev–Trinajstić information content (AvgIpc) is 3.00. The molecule has 160 valence electrons. The number of rotatable bonds is 8. The molecule has 0 aliphatic carbocycles. The van der Waals surface area contributed by atoms with Crippen LogP contribution in [0.1, 0.15) is 17.5 Å². The Labute approximate surface area is 177 Å². The quantitative estimate of drug-likeness (QED) is 0.621. The zero-order valence-electron chi connectivity index (χ0n) is 17.5. The van der Waals surface area contributed by atoms with E-state index in [0.717, 1.165) is 43.6 Å². The second-order valence-electron chi connectivity index (χ2n) is 7.40. The van der Waals surface area contributed by atoms with Gasteiger partial charge in [-0.25, -0.2) is 4.39 Å². The minimum absolute atomic E-state index is 0.0187. The van der Waals surface area contributed by atoms with Gasteiger partial charge in [-0.2, -0.15) is 0 Å². The molecule has 0 N–H and O–H groups in total. The first kappa shape index (κ1) is 21.8. The number of benzene rings is 2. The van der Waals surface area contributed by atoms with Crippen molar-refractivity contribution in [2.24, 2.45) is 0 Å². The highest BCUT2D eigenvalue weighted by Crippen LogP contribution is 2.28. The van der Waals surface area contributed by atoms with Crippen LogP contribution in [-0.4, -0.2) is 55.6 Å². The molecular weight excluding hydrogens is 383 g/mol. The van der Waals surface area contributed by atoms with Crippen molar-refractivity contribution in [2.75, 3.05) is 39.9 Å². The van der Waals surface area contributed by atoms with Crippen molar-refractivity contribution in [3.8, 4) is 11.5 Å². The number of ether oxygens (including phenoxy) is 2. The van der Waals surface area contributed by atoms with Gasteiger partial charge in [-0.1, -0.05) is 24.3 Å². The van der Waals surface area contributed by atoms with E-state index in [-0.39, 0.29) is 18.3 Å². The number of allylic oxidation sites excluding steroid dienone is 1. The standard InChI is InChI=1S/C24H29FN2O3/c1-3-5-19-8-11-22(23(16-19)29-2)30-18-24(28)27-13-4-12-26(14-15-27)17-20-6-9-21(25)10-7-20/h3,6-11,16H,1,4-5,12-15,17-18H2,2H3. The van der Waals surface area contributed by atoms with Gasteiger partial charge in [-0.15, -0.1) is 6.58 Å². The second kappa shape index (κ2) is 10.8. The molecule has 0 spiro atoms. The van der Waals surface area contributed by atoms with Gasteiger partial charge in [0.15, 0.2) is 18.1 Å². The second-order valence-corrected chi connectivity index (χ2v) is 7.40. The lowest BCUT2D eigenvalue weighted by Gasteiger charge is -2.22. The van der Waals surface area contributed by atoms with E-state index in [1.165, 1.54) is 12.1 Å². The molecule has 0 bridgehead atoms. The first-order valence-corrected chi connectivity index (χ1v) is 10.2. The molecule has 0 saturated carbocycles. The molecule has 0 aromatic heterocycles. The molecule has 3 rings (SSSR count). The van der Waals surface area contributed by atoms with Crippen molar-refractivity contribution < 1.29 is 18.7 Å². The summed E-state index contributed by atoms with van der Waals surface area (Å²) in [5.41, 5.74) is 2.15. The molecule has 5 nitrogen and oxygen atoms in total. The van der Waals surface area contributed by atoms with Crippen LogP contribution in [0, 0.1) is 5.82 Å². The molecule has 0 atom stereocenters. The third-order valence-electron chi connectivity index (χ3n) is 5.22. The van der Waals surface area contributed by atoms with Gasteiger partial charge in [-0.05, 0) is 48.2 Å². The molecule has 6 heteroatoms. The van der Waals surface area contributed by atoms with Crippen LogP contribution in [0.15, 0.2) is 55.1 Å². The lowest BCUT2D eigenvalue weighted by Crippen LogP contribution is -2.38. The van der Waals surface area contributed by atoms with Gasteiger partial charge in [0, 0.05) is 32.7 Å². The van der Waals surface area contributed by atoms with E-state index < -0.39 is 0 Å². The topological polar surface area (TPSA) is 42.0 Å². The van der Waals surface area contributed by atoms with Crippen molar-refractivity contribution in [1.29, 1.82) is 0 Å². The van der Waals surface area contributed by atoms with Crippen molar-refractivity contribution in [2.45, 2.75) is 19.4 Å². The predicted molar refractivity (Wildman–Crippen MR) is 115 cm³/mol. The SMILES string of the molecule is C=CCc1ccc(OCC(=O)N2CCCN(Cc3ccc(F)cc3)CC2)c(OC)c1. The summed E-state index contributed by atoms with van der Waals surface area (Å²) in [7, 11) is 1.59. The largest absolute Gasteiger partial charge is 0.493 e. The Hall–Kier alpha value is -2.86. The molecule has 1 aliphatic rings. The first-order chi connectivity index (χ1) is 14.6. The molecule has 1 aliphatic heterocycles. The van der Waals surface area contributed by atoms with Gasteiger partial charge in [0.05, 0.1) is 7.11 Å². The fourth-order valence-electron chi connectivity index (χ4n) is 3.58. The minimum Gasteiger partial charge on any atom is -0.493 e.